The summed E-state index contributed by atoms with van der Waals surface area (Å²) in [6.45, 7) is 5.56. The van der Waals surface area contributed by atoms with Crippen LogP contribution in [0.1, 0.15) is 24.5 Å². The normalized spacial score (nSPS) is 12.6. The highest BCUT2D eigenvalue weighted by Crippen LogP contribution is 2.16. The second-order valence-corrected chi connectivity index (χ2v) is 10.3. The van der Waals surface area contributed by atoms with Gasteiger partial charge in [0, 0.05) is 39.5 Å². The number of hydrogen-bond donors (Lipinski definition) is 2. The Labute approximate surface area is 186 Å². The number of hydrogen-bond acceptors (Lipinski definition) is 5. The minimum atomic E-state index is -3.22. The second kappa shape index (κ2) is 11.9. The molecule has 0 spiro atoms. The van der Waals surface area contributed by atoms with Gasteiger partial charge in [-0.25, -0.2) is 21.1 Å². The molecular formula is C17H31IN4O4S2. The lowest BCUT2D eigenvalue weighted by Crippen LogP contribution is -2.39. The maximum atomic E-state index is 11.7. The van der Waals surface area contributed by atoms with E-state index < -0.39 is 19.9 Å². The highest BCUT2D eigenvalue weighted by atomic mass is 127. The topological polar surface area (TPSA) is 108 Å². The van der Waals surface area contributed by atoms with Gasteiger partial charge >= 0.3 is 0 Å². The van der Waals surface area contributed by atoms with Gasteiger partial charge in [-0.15, -0.1) is 24.0 Å². The fourth-order valence-electron chi connectivity index (χ4n) is 2.66. The molecule has 0 aliphatic carbocycles. The Bertz CT molecular complexity index is 871. The fourth-order valence-corrected chi connectivity index (χ4v) is 4.55. The van der Waals surface area contributed by atoms with Gasteiger partial charge in [-0.2, -0.15) is 0 Å². The number of nitrogens with zero attached hydrogens (tertiary/aromatic N) is 2. The Morgan fingerprint density at radius 2 is 1.79 bits per heavy atom. The summed E-state index contributed by atoms with van der Waals surface area (Å²) in [6, 6.07) is 5.22. The number of halogens is 1. The summed E-state index contributed by atoms with van der Waals surface area (Å²) in [7, 11) is -4.74. The summed E-state index contributed by atoms with van der Waals surface area (Å²) < 4.78 is 47.9. The van der Waals surface area contributed by atoms with Gasteiger partial charge in [0.25, 0.3) is 0 Å². The van der Waals surface area contributed by atoms with Crippen LogP contribution < -0.4 is 10.6 Å². The summed E-state index contributed by atoms with van der Waals surface area (Å²) in [4.78, 5) is 4.47. The molecule has 11 heteroatoms. The Hall–Kier alpha value is -0.920. The zero-order valence-corrected chi connectivity index (χ0v) is 21.0. The predicted octanol–water partition coefficient (Wildman–Crippen LogP) is 1.35. The smallest absolute Gasteiger partial charge is 0.211 e. The lowest BCUT2D eigenvalue weighted by molar-refractivity contribution is 0.424. The van der Waals surface area contributed by atoms with Crippen molar-refractivity contribution >= 4 is 49.8 Å². The average Bonchev–Trinajstić information content (AvgIpc) is 2.55. The van der Waals surface area contributed by atoms with Crippen molar-refractivity contribution in [3.8, 4) is 0 Å². The lowest BCUT2D eigenvalue weighted by Gasteiger charge is -2.18. The average molecular weight is 546 g/mol. The monoisotopic (exact) mass is 546 g/mol. The Kier molecular flexibility index (Phi) is 11.5. The van der Waals surface area contributed by atoms with Crippen LogP contribution in [0.25, 0.3) is 0 Å². The van der Waals surface area contributed by atoms with Crippen LogP contribution in [0.4, 0.5) is 0 Å². The minimum absolute atomic E-state index is 0. The van der Waals surface area contributed by atoms with Crippen molar-refractivity contribution in [2.24, 2.45) is 4.99 Å². The molecule has 162 valence electrons. The fraction of sp³-hybridized carbons (Fsp3) is 0.588. The van der Waals surface area contributed by atoms with Gasteiger partial charge < -0.3 is 10.6 Å². The van der Waals surface area contributed by atoms with Crippen molar-refractivity contribution in [1.82, 2.24) is 14.9 Å². The first-order valence-corrected chi connectivity index (χ1v) is 12.4. The van der Waals surface area contributed by atoms with E-state index in [-0.39, 0.29) is 24.0 Å². The van der Waals surface area contributed by atoms with Crippen LogP contribution in [0.5, 0.6) is 0 Å². The Morgan fingerprint density at radius 1 is 1.14 bits per heavy atom. The number of sulfone groups is 1. The first kappa shape index (κ1) is 27.1. The van der Waals surface area contributed by atoms with Crippen molar-refractivity contribution in [3.63, 3.8) is 0 Å². The third-order valence-corrected chi connectivity index (χ3v) is 6.66. The van der Waals surface area contributed by atoms with E-state index >= 15 is 0 Å². The molecule has 0 unspecified atom stereocenters. The van der Waals surface area contributed by atoms with Gasteiger partial charge in [0.1, 0.15) is 0 Å². The molecule has 0 saturated heterocycles. The summed E-state index contributed by atoms with van der Waals surface area (Å²) in [5, 5.41) is 6.30. The summed E-state index contributed by atoms with van der Waals surface area (Å²) in [5.74, 6) is 0.599. The molecule has 1 aromatic carbocycles. The summed E-state index contributed by atoms with van der Waals surface area (Å²) >= 11 is 0. The van der Waals surface area contributed by atoms with E-state index in [0.29, 0.717) is 49.0 Å². The van der Waals surface area contributed by atoms with Crippen molar-refractivity contribution in [3.05, 3.63) is 29.3 Å². The summed E-state index contributed by atoms with van der Waals surface area (Å²) in [6.07, 6.45) is 3.06. The van der Waals surface area contributed by atoms with Crippen molar-refractivity contribution < 1.29 is 16.8 Å². The van der Waals surface area contributed by atoms with Crippen LogP contribution in [0, 0.1) is 6.92 Å². The molecule has 0 aliphatic rings. The molecule has 2 N–H and O–H groups in total. The quantitative estimate of drug-likeness (QED) is 0.210. The SMILES string of the molecule is CCN(CCCNC(=NC)NCc1ccc(S(C)(=O)=O)c(C)c1)S(C)(=O)=O.I. The molecule has 0 fully saturated rings. The third-order valence-electron chi connectivity index (χ3n) is 4.02. The first-order chi connectivity index (χ1) is 12.5. The molecule has 0 amide bonds. The standard InChI is InChI=1S/C17H30N4O4S2.HI/c1-6-21(27(5,24)25)11-7-10-19-17(18-3)20-13-15-8-9-16(14(2)12-15)26(4,22)23;/h8-9,12H,6-7,10-11,13H2,1-5H3,(H2,18,19,20);1H. The zero-order chi connectivity index (χ0) is 20.7. The van der Waals surface area contributed by atoms with E-state index in [1.54, 1.807) is 26.1 Å². The number of aryl methyl sites for hydroxylation is 1. The number of nitrogens with one attached hydrogen (secondary N) is 2. The van der Waals surface area contributed by atoms with Gasteiger partial charge in [-0.1, -0.05) is 19.1 Å². The molecule has 0 aliphatic heterocycles. The molecule has 1 aromatic rings. The highest BCUT2D eigenvalue weighted by molar-refractivity contribution is 14.0. The van der Waals surface area contributed by atoms with Crippen LogP contribution in [0.15, 0.2) is 28.1 Å². The predicted molar refractivity (Wildman–Crippen MR) is 125 cm³/mol. The van der Waals surface area contributed by atoms with E-state index in [2.05, 4.69) is 15.6 Å². The molecular weight excluding hydrogens is 515 g/mol. The number of benzene rings is 1. The maximum Gasteiger partial charge on any atom is 0.211 e. The molecule has 0 bridgehead atoms. The van der Waals surface area contributed by atoms with Gasteiger partial charge in [-0.3, -0.25) is 4.99 Å². The van der Waals surface area contributed by atoms with E-state index in [4.69, 9.17) is 0 Å². The van der Waals surface area contributed by atoms with E-state index in [1.165, 1.54) is 16.8 Å². The van der Waals surface area contributed by atoms with Crippen molar-refractivity contribution in [1.29, 1.82) is 0 Å². The number of rotatable bonds is 9. The number of guanidine groups is 1. The van der Waals surface area contributed by atoms with E-state index in [1.807, 2.05) is 13.0 Å². The molecule has 0 atom stereocenters. The largest absolute Gasteiger partial charge is 0.356 e. The molecule has 8 nitrogen and oxygen atoms in total. The Morgan fingerprint density at radius 3 is 2.25 bits per heavy atom. The molecule has 0 saturated carbocycles. The Balaban J connectivity index is 0.00000729. The molecule has 0 aromatic heterocycles. The molecule has 0 heterocycles. The van der Waals surface area contributed by atoms with Crippen LogP contribution in [-0.2, 0) is 26.4 Å². The van der Waals surface area contributed by atoms with Gasteiger partial charge in [-0.05, 0) is 30.5 Å². The van der Waals surface area contributed by atoms with Gasteiger partial charge in [0.05, 0.1) is 11.2 Å². The van der Waals surface area contributed by atoms with Crippen LogP contribution in [0.2, 0.25) is 0 Å². The van der Waals surface area contributed by atoms with Crippen LogP contribution in [-0.4, -0.2) is 66.3 Å². The minimum Gasteiger partial charge on any atom is -0.356 e. The zero-order valence-electron chi connectivity index (χ0n) is 17.0. The lowest BCUT2D eigenvalue weighted by atomic mass is 10.1. The van der Waals surface area contributed by atoms with Crippen LogP contribution >= 0.6 is 24.0 Å². The van der Waals surface area contributed by atoms with Crippen LogP contribution in [0.3, 0.4) is 0 Å². The summed E-state index contributed by atoms with van der Waals surface area (Å²) in [5.41, 5.74) is 1.65. The first-order valence-electron chi connectivity index (χ1n) is 8.68. The van der Waals surface area contributed by atoms with Gasteiger partial charge in [0.2, 0.25) is 10.0 Å². The maximum absolute atomic E-state index is 11.7. The highest BCUT2D eigenvalue weighted by Gasteiger charge is 2.13. The van der Waals surface area contributed by atoms with E-state index in [9.17, 15) is 16.8 Å². The van der Waals surface area contributed by atoms with Crippen molar-refractivity contribution in [2.45, 2.75) is 31.7 Å². The molecule has 28 heavy (non-hydrogen) atoms. The second-order valence-electron chi connectivity index (χ2n) is 6.33. The number of sulfonamides is 1. The van der Waals surface area contributed by atoms with Crippen molar-refractivity contribution in [2.75, 3.05) is 39.2 Å². The molecule has 0 radical (unpaired) electrons. The van der Waals surface area contributed by atoms with E-state index in [0.717, 1.165) is 5.56 Å². The third kappa shape index (κ3) is 9.05. The van der Waals surface area contributed by atoms with Gasteiger partial charge in [0.15, 0.2) is 15.8 Å². The number of aliphatic imine (C=N–C) groups is 1. The molecule has 1 rings (SSSR count).